The molecule has 1 aromatic heterocycles. The second kappa shape index (κ2) is 7.04. The molecule has 24 heavy (non-hydrogen) atoms. The van der Waals surface area contributed by atoms with Gasteiger partial charge in [-0.2, -0.15) is 22.5 Å². The van der Waals surface area contributed by atoms with Gasteiger partial charge in [-0.25, -0.2) is 4.68 Å². The predicted octanol–water partition coefficient (Wildman–Crippen LogP) is 2.31. The van der Waals surface area contributed by atoms with Gasteiger partial charge in [0.1, 0.15) is 0 Å². The maximum absolute atomic E-state index is 12.4. The van der Waals surface area contributed by atoms with E-state index < -0.39 is 10.2 Å². The highest BCUT2D eigenvalue weighted by Gasteiger charge is 2.24. The van der Waals surface area contributed by atoms with Crippen molar-refractivity contribution in [2.75, 3.05) is 13.1 Å². The summed E-state index contributed by atoms with van der Waals surface area (Å²) in [6, 6.07) is 9.86. The number of benzene rings is 1. The lowest BCUT2D eigenvalue weighted by molar-refractivity contribution is 0.341. The van der Waals surface area contributed by atoms with E-state index in [0.29, 0.717) is 13.1 Å². The van der Waals surface area contributed by atoms with Crippen LogP contribution in [0.1, 0.15) is 36.2 Å². The quantitative estimate of drug-likeness (QED) is 0.902. The van der Waals surface area contributed by atoms with Gasteiger partial charge in [0.2, 0.25) is 0 Å². The molecule has 1 aromatic carbocycles. The van der Waals surface area contributed by atoms with Crippen molar-refractivity contribution in [3.8, 4) is 5.69 Å². The Bertz CT molecular complexity index is 793. The number of piperidine rings is 1. The lowest BCUT2D eigenvalue weighted by atomic mass is 10.2. The van der Waals surface area contributed by atoms with Gasteiger partial charge in [-0.3, -0.25) is 0 Å². The van der Waals surface area contributed by atoms with Gasteiger partial charge in [-0.1, -0.05) is 24.6 Å². The standard InChI is InChI=1S/C17H24N4O2S/c1-14-17(13-18-24(22,23)20-11-7-4-8-12-20)15(2)21(19-14)16-9-5-3-6-10-16/h3,5-6,9-10,18H,4,7-8,11-13H2,1-2H3. The molecule has 7 heteroatoms. The van der Waals surface area contributed by atoms with Crippen LogP contribution in [0.5, 0.6) is 0 Å². The lowest BCUT2D eigenvalue weighted by Gasteiger charge is -2.25. The molecule has 0 saturated carbocycles. The molecule has 1 N–H and O–H groups in total. The van der Waals surface area contributed by atoms with Crippen LogP contribution in [0.25, 0.3) is 5.69 Å². The minimum Gasteiger partial charge on any atom is -0.238 e. The van der Waals surface area contributed by atoms with Gasteiger partial charge in [0.15, 0.2) is 0 Å². The fraction of sp³-hybridized carbons (Fsp3) is 0.471. The number of aromatic nitrogens is 2. The minimum atomic E-state index is -3.42. The first kappa shape index (κ1) is 17.1. The van der Waals surface area contributed by atoms with Crippen LogP contribution in [0.4, 0.5) is 0 Å². The number of aryl methyl sites for hydroxylation is 1. The second-order valence-electron chi connectivity index (χ2n) is 6.18. The van der Waals surface area contributed by atoms with Gasteiger partial charge in [-0.05, 0) is 38.8 Å². The molecule has 0 bridgehead atoms. The minimum absolute atomic E-state index is 0.267. The van der Waals surface area contributed by atoms with Crippen LogP contribution in [0.3, 0.4) is 0 Å². The summed E-state index contributed by atoms with van der Waals surface area (Å²) in [5, 5.41) is 4.56. The molecule has 0 unspecified atom stereocenters. The summed E-state index contributed by atoms with van der Waals surface area (Å²) in [6.45, 7) is 5.37. The summed E-state index contributed by atoms with van der Waals surface area (Å²) in [5.41, 5.74) is 3.71. The number of hydrogen-bond donors (Lipinski definition) is 1. The number of para-hydroxylation sites is 1. The van der Waals surface area contributed by atoms with E-state index in [0.717, 1.165) is 41.9 Å². The molecule has 0 aliphatic carbocycles. The first-order valence-electron chi connectivity index (χ1n) is 8.34. The summed E-state index contributed by atoms with van der Waals surface area (Å²) in [5.74, 6) is 0. The fourth-order valence-corrected chi connectivity index (χ4v) is 4.36. The zero-order chi connectivity index (χ0) is 17.2. The van der Waals surface area contributed by atoms with Gasteiger partial charge in [-0.15, -0.1) is 0 Å². The molecule has 2 heterocycles. The van der Waals surface area contributed by atoms with Crippen molar-refractivity contribution in [2.24, 2.45) is 0 Å². The van der Waals surface area contributed by atoms with Crippen LogP contribution in [-0.2, 0) is 16.8 Å². The highest BCUT2D eigenvalue weighted by molar-refractivity contribution is 7.87. The molecule has 1 fully saturated rings. The van der Waals surface area contributed by atoms with Crippen LogP contribution in [0.15, 0.2) is 30.3 Å². The Hall–Kier alpha value is -1.70. The molecule has 130 valence electrons. The van der Waals surface area contributed by atoms with E-state index in [4.69, 9.17) is 0 Å². The number of hydrogen-bond acceptors (Lipinski definition) is 3. The van der Waals surface area contributed by atoms with Crippen molar-refractivity contribution >= 4 is 10.2 Å². The van der Waals surface area contributed by atoms with E-state index in [1.807, 2.05) is 48.9 Å². The van der Waals surface area contributed by atoms with Crippen molar-refractivity contribution in [2.45, 2.75) is 39.7 Å². The van der Waals surface area contributed by atoms with Gasteiger partial charge in [0.05, 0.1) is 11.4 Å². The maximum atomic E-state index is 12.4. The van der Waals surface area contributed by atoms with E-state index in [-0.39, 0.29) is 6.54 Å². The topological polar surface area (TPSA) is 67.2 Å². The molecule has 6 nitrogen and oxygen atoms in total. The Kier molecular flexibility index (Phi) is 5.03. The molecule has 0 atom stereocenters. The van der Waals surface area contributed by atoms with Gasteiger partial charge < -0.3 is 0 Å². The smallest absolute Gasteiger partial charge is 0.238 e. The summed E-state index contributed by atoms with van der Waals surface area (Å²) < 4.78 is 31.0. The van der Waals surface area contributed by atoms with Gasteiger partial charge in [0, 0.05) is 30.9 Å². The molecular formula is C17H24N4O2S. The predicted molar refractivity (Wildman–Crippen MR) is 94.2 cm³/mol. The normalized spacial score (nSPS) is 16.4. The monoisotopic (exact) mass is 348 g/mol. The van der Waals surface area contributed by atoms with E-state index in [1.54, 1.807) is 4.31 Å². The number of rotatable bonds is 5. The molecule has 0 amide bonds. The Morgan fingerprint density at radius 3 is 2.42 bits per heavy atom. The average molecular weight is 348 g/mol. The Balaban J connectivity index is 1.77. The second-order valence-corrected chi connectivity index (χ2v) is 7.94. The number of nitrogens with zero attached hydrogens (tertiary/aromatic N) is 3. The summed E-state index contributed by atoms with van der Waals surface area (Å²) in [4.78, 5) is 0. The highest BCUT2D eigenvalue weighted by atomic mass is 32.2. The first-order valence-corrected chi connectivity index (χ1v) is 9.78. The van der Waals surface area contributed by atoms with Crippen molar-refractivity contribution < 1.29 is 8.42 Å². The third kappa shape index (κ3) is 3.53. The molecule has 0 spiro atoms. The van der Waals surface area contributed by atoms with Crippen molar-refractivity contribution in [3.05, 3.63) is 47.3 Å². The Labute approximate surface area is 143 Å². The fourth-order valence-electron chi connectivity index (χ4n) is 3.11. The Morgan fingerprint density at radius 1 is 1.08 bits per heavy atom. The van der Waals surface area contributed by atoms with Crippen LogP contribution in [0.2, 0.25) is 0 Å². The molecule has 1 saturated heterocycles. The first-order chi connectivity index (χ1) is 11.5. The van der Waals surface area contributed by atoms with Gasteiger partial charge in [0.25, 0.3) is 10.2 Å². The van der Waals surface area contributed by atoms with Gasteiger partial charge >= 0.3 is 0 Å². The molecule has 1 aliphatic rings. The number of nitrogens with one attached hydrogen (secondary N) is 1. The maximum Gasteiger partial charge on any atom is 0.279 e. The third-order valence-electron chi connectivity index (χ3n) is 4.53. The SMILES string of the molecule is Cc1nn(-c2ccccc2)c(C)c1CNS(=O)(=O)N1CCCCC1. The highest BCUT2D eigenvalue weighted by Crippen LogP contribution is 2.18. The van der Waals surface area contributed by atoms with E-state index in [9.17, 15) is 8.42 Å². The van der Waals surface area contributed by atoms with Crippen LogP contribution in [0, 0.1) is 13.8 Å². The Morgan fingerprint density at radius 2 is 1.75 bits per heavy atom. The van der Waals surface area contributed by atoms with Crippen LogP contribution < -0.4 is 4.72 Å². The summed E-state index contributed by atoms with van der Waals surface area (Å²) in [6.07, 6.45) is 2.98. The van der Waals surface area contributed by atoms with Crippen molar-refractivity contribution in [3.63, 3.8) is 0 Å². The zero-order valence-corrected chi connectivity index (χ0v) is 15.0. The van der Waals surface area contributed by atoms with Crippen molar-refractivity contribution in [1.29, 1.82) is 0 Å². The van der Waals surface area contributed by atoms with Crippen LogP contribution >= 0.6 is 0 Å². The average Bonchev–Trinajstić information content (AvgIpc) is 2.89. The van der Waals surface area contributed by atoms with E-state index in [1.165, 1.54) is 0 Å². The zero-order valence-electron chi connectivity index (χ0n) is 14.2. The molecule has 2 aromatic rings. The van der Waals surface area contributed by atoms with E-state index in [2.05, 4.69) is 9.82 Å². The summed E-state index contributed by atoms with van der Waals surface area (Å²) in [7, 11) is -3.42. The van der Waals surface area contributed by atoms with E-state index >= 15 is 0 Å². The lowest BCUT2D eigenvalue weighted by Crippen LogP contribution is -2.43. The van der Waals surface area contributed by atoms with Crippen molar-refractivity contribution in [1.82, 2.24) is 18.8 Å². The third-order valence-corrected chi connectivity index (χ3v) is 6.08. The molecule has 1 aliphatic heterocycles. The molecular weight excluding hydrogens is 324 g/mol. The van der Waals surface area contributed by atoms with Crippen LogP contribution in [-0.4, -0.2) is 35.6 Å². The molecule has 3 rings (SSSR count). The summed E-state index contributed by atoms with van der Waals surface area (Å²) >= 11 is 0. The largest absolute Gasteiger partial charge is 0.279 e. The molecule has 0 radical (unpaired) electrons.